The second-order valence-corrected chi connectivity index (χ2v) is 6.73. The third-order valence-electron chi connectivity index (χ3n) is 4.43. The number of ether oxygens (including phenoxy) is 1. The van der Waals surface area contributed by atoms with Gasteiger partial charge >= 0.3 is 7.12 Å². The average molecular weight is 307 g/mol. The molecule has 2 rings (SSSR count). The van der Waals surface area contributed by atoms with Crippen molar-refractivity contribution in [1.29, 1.82) is 0 Å². The van der Waals surface area contributed by atoms with Gasteiger partial charge in [0.25, 0.3) is 0 Å². The van der Waals surface area contributed by atoms with Gasteiger partial charge in [0.2, 0.25) is 0 Å². The van der Waals surface area contributed by atoms with E-state index < -0.39 is 18.3 Å². The van der Waals surface area contributed by atoms with E-state index >= 15 is 0 Å². The Labute approximate surface area is 133 Å². The maximum atomic E-state index is 10.3. The molecular weight excluding hydrogens is 281 g/mol. The van der Waals surface area contributed by atoms with Gasteiger partial charge in [0.1, 0.15) is 0 Å². The van der Waals surface area contributed by atoms with E-state index in [1.807, 2.05) is 24.3 Å². The number of rotatable bonds is 5. The molecule has 0 bridgehead atoms. The molecule has 1 heterocycles. The molecular formula is C16H26BNO4. The lowest BCUT2D eigenvalue weighted by molar-refractivity contribution is -0.0982. The molecule has 22 heavy (non-hydrogen) atoms. The Bertz CT molecular complexity index is 478. The van der Waals surface area contributed by atoms with Crippen LogP contribution >= 0.6 is 0 Å². The first-order chi connectivity index (χ1) is 10.2. The van der Waals surface area contributed by atoms with Gasteiger partial charge in [0, 0.05) is 18.8 Å². The smallest absolute Gasteiger partial charge is 0.423 e. The van der Waals surface area contributed by atoms with E-state index in [2.05, 4.69) is 4.90 Å². The average Bonchev–Trinajstić information content (AvgIpc) is 2.47. The number of benzene rings is 1. The molecule has 0 unspecified atom stereocenters. The van der Waals surface area contributed by atoms with Crippen molar-refractivity contribution in [3.63, 3.8) is 0 Å². The van der Waals surface area contributed by atoms with Crippen molar-refractivity contribution in [3.8, 4) is 0 Å². The lowest BCUT2D eigenvalue weighted by Gasteiger charge is -2.38. The Morgan fingerprint density at radius 3 is 2.14 bits per heavy atom. The summed E-state index contributed by atoms with van der Waals surface area (Å²) in [6.45, 7) is 10.1. The van der Waals surface area contributed by atoms with Gasteiger partial charge in [-0.2, -0.15) is 0 Å². The normalized spacial score (nSPS) is 16.7. The van der Waals surface area contributed by atoms with Crippen LogP contribution in [0.15, 0.2) is 24.3 Å². The number of aliphatic hydroxyl groups is 1. The fraction of sp³-hybridized carbons (Fsp3) is 0.625. The number of hydrogen-bond donors (Lipinski definition) is 2. The van der Waals surface area contributed by atoms with Crippen molar-refractivity contribution < 1.29 is 19.5 Å². The van der Waals surface area contributed by atoms with E-state index in [1.54, 1.807) is 27.7 Å². The van der Waals surface area contributed by atoms with Crippen LogP contribution < -0.4 is 10.4 Å². The zero-order valence-electron chi connectivity index (χ0n) is 13.9. The number of morpholine rings is 1. The second kappa shape index (κ2) is 6.58. The molecule has 2 N–H and O–H groups in total. The maximum absolute atomic E-state index is 10.3. The summed E-state index contributed by atoms with van der Waals surface area (Å²) in [7, 11) is -1.07. The van der Waals surface area contributed by atoms with Crippen molar-refractivity contribution in [2.75, 3.05) is 31.2 Å². The van der Waals surface area contributed by atoms with Crippen LogP contribution in [0.3, 0.4) is 0 Å². The molecule has 1 fully saturated rings. The van der Waals surface area contributed by atoms with Crippen molar-refractivity contribution >= 4 is 18.3 Å². The van der Waals surface area contributed by atoms with E-state index in [-0.39, 0.29) is 0 Å². The Morgan fingerprint density at radius 1 is 1.09 bits per heavy atom. The van der Waals surface area contributed by atoms with Crippen LogP contribution in [-0.2, 0) is 9.39 Å². The number of anilines is 1. The summed E-state index contributed by atoms with van der Waals surface area (Å²) < 4.78 is 11.0. The highest BCUT2D eigenvalue weighted by Crippen LogP contribution is 2.25. The number of nitrogens with zero attached hydrogens (tertiary/aromatic N) is 1. The quantitative estimate of drug-likeness (QED) is 0.787. The highest BCUT2D eigenvalue weighted by Gasteiger charge is 2.39. The molecule has 6 heteroatoms. The fourth-order valence-corrected chi connectivity index (χ4v) is 2.16. The van der Waals surface area contributed by atoms with E-state index in [4.69, 9.17) is 9.39 Å². The van der Waals surface area contributed by atoms with Gasteiger partial charge < -0.3 is 24.4 Å². The standard InChI is InChI=1S/C16H26BNO4/c1-15(2,19)16(3,4)22-17(20)13-5-7-14(8-6-13)18-9-11-21-12-10-18/h5-8,19-20H,9-12H2,1-4H3. The van der Waals surface area contributed by atoms with Crippen LogP contribution in [-0.4, -0.2) is 54.8 Å². The summed E-state index contributed by atoms with van der Waals surface area (Å²) in [5, 5.41) is 20.4. The van der Waals surface area contributed by atoms with Crippen molar-refractivity contribution in [2.45, 2.75) is 38.9 Å². The van der Waals surface area contributed by atoms with Crippen LogP contribution in [0.1, 0.15) is 27.7 Å². The van der Waals surface area contributed by atoms with Crippen LogP contribution in [0.25, 0.3) is 0 Å². The zero-order chi connectivity index (χ0) is 16.4. The van der Waals surface area contributed by atoms with Gasteiger partial charge in [-0.05, 0) is 45.3 Å². The maximum Gasteiger partial charge on any atom is 0.491 e. The highest BCUT2D eigenvalue weighted by molar-refractivity contribution is 6.60. The summed E-state index contributed by atoms with van der Waals surface area (Å²) in [6, 6.07) is 7.67. The van der Waals surface area contributed by atoms with Gasteiger partial charge in [0.05, 0.1) is 24.4 Å². The third-order valence-corrected chi connectivity index (χ3v) is 4.43. The monoisotopic (exact) mass is 307 g/mol. The van der Waals surface area contributed by atoms with Crippen molar-refractivity contribution in [1.82, 2.24) is 0 Å². The molecule has 122 valence electrons. The lowest BCUT2D eigenvalue weighted by Crippen LogP contribution is -2.53. The molecule has 5 nitrogen and oxygen atoms in total. The first-order valence-corrected chi connectivity index (χ1v) is 7.72. The van der Waals surface area contributed by atoms with E-state index in [0.29, 0.717) is 5.46 Å². The van der Waals surface area contributed by atoms with Crippen LogP contribution in [0.5, 0.6) is 0 Å². The Hall–Kier alpha value is -1.08. The fourth-order valence-electron chi connectivity index (χ4n) is 2.16. The van der Waals surface area contributed by atoms with Crippen LogP contribution in [0.2, 0.25) is 0 Å². The predicted molar refractivity (Wildman–Crippen MR) is 88.5 cm³/mol. The minimum Gasteiger partial charge on any atom is -0.423 e. The molecule has 1 aliphatic heterocycles. The summed E-state index contributed by atoms with van der Waals surface area (Å²) >= 11 is 0. The molecule has 0 atom stereocenters. The minimum atomic E-state index is -1.07. The van der Waals surface area contributed by atoms with Crippen molar-refractivity contribution in [3.05, 3.63) is 24.3 Å². The van der Waals surface area contributed by atoms with Gasteiger partial charge in [-0.15, -0.1) is 0 Å². The molecule has 0 aliphatic carbocycles. The molecule has 0 amide bonds. The third kappa shape index (κ3) is 4.01. The molecule has 1 saturated heterocycles. The first kappa shape index (κ1) is 17.3. The highest BCUT2D eigenvalue weighted by atomic mass is 16.5. The van der Waals surface area contributed by atoms with Gasteiger partial charge in [0.15, 0.2) is 0 Å². The second-order valence-electron chi connectivity index (χ2n) is 6.73. The van der Waals surface area contributed by atoms with Crippen LogP contribution in [0.4, 0.5) is 5.69 Å². The molecule has 0 spiro atoms. The molecule has 1 aromatic carbocycles. The summed E-state index contributed by atoms with van der Waals surface area (Å²) in [6.07, 6.45) is 0. The SMILES string of the molecule is CC(C)(O)C(C)(C)OB(O)c1ccc(N2CCOCC2)cc1. The summed E-state index contributed by atoms with van der Waals surface area (Å²) in [5.74, 6) is 0. The minimum absolute atomic E-state index is 0.675. The molecule has 0 radical (unpaired) electrons. The van der Waals surface area contributed by atoms with Gasteiger partial charge in [-0.1, -0.05) is 12.1 Å². The molecule has 0 aromatic heterocycles. The van der Waals surface area contributed by atoms with E-state index in [1.165, 1.54) is 0 Å². The largest absolute Gasteiger partial charge is 0.491 e. The zero-order valence-corrected chi connectivity index (χ0v) is 13.9. The van der Waals surface area contributed by atoms with E-state index in [9.17, 15) is 10.1 Å². The number of hydrogen-bond acceptors (Lipinski definition) is 5. The summed E-state index contributed by atoms with van der Waals surface area (Å²) in [4.78, 5) is 2.25. The molecule has 0 saturated carbocycles. The van der Waals surface area contributed by atoms with Gasteiger partial charge in [-0.3, -0.25) is 0 Å². The Kier molecular flexibility index (Phi) is 5.17. The first-order valence-electron chi connectivity index (χ1n) is 7.72. The van der Waals surface area contributed by atoms with Crippen molar-refractivity contribution in [2.24, 2.45) is 0 Å². The topological polar surface area (TPSA) is 62.2 Å². The Morgan fingerprint density at radius 2 is 1.64 bits per heavy atom. The molecule has 1 aliphatic rings. The lowest BCUT2D eigenvalue weighted by atomic mass is 9.76. The Balaban J connectivity index is 2.03. The van der Waals surface area contributed by atoms with E-state index in [0.717, 1.165) is 32.0 Å². The predicted octanol–water partition coefficient (Wildman–Crippen LogP) is 0.777. The van der Waals surface area contributed by atoms with Crippen LogP contribution in [0, 0.1) is 0 Å². The van der Waals surface area contributed by atoms with Gasteiger partial charge in [-0.25, -0.2) is 0 Å². The molecule has 1 aromatic rings. The summed E-state index contributed by atoms with van der Waals surface area (Å²) in [5.41, 5.74) is -0.132.